The van der Waals surface area contributed by atoms with Gasteiger partial charge in [-0.05, 0) is 18.2 Å². The second kappa shape index (κ2) is 5.82. The highest BCUT2D eigenvalue weighted by Gasteiger charge is 2.06. The summed E-state index contributed by atoms with van der Waals surface area (Å²) in [6, 6.07) is 7.48. The first-order valence-corrected chi connectivity index (χ1v) is 5.21. The second-order valence-corrected chi connectivity index (χ2v) is 3.78. The molecule has 0 bridgehead atoms. The topological polar surface area (TPSA) is 41.1 Å². The van der Waals surface area contributed by atoms with Gasteiger partial charge >= 0.3 is 0 Å². The number of carbonyl (C=O) groups excluding carboxylic acids is 1. The van der Waals surface area contributed by atoms with E-state index in [1.165, 1.54) is 0 Å². The van der Waals surface area contributed by atoms with Crippen molar-refractivity contribution in [3.05, 3.63) is 24.3 Å². The van der Waals surface area contributed by atoms with Crippen LogP contribution in [0.3, 0.4) is 0 Å². The van der Waals surface area contributed by atoms with Gasteiger partial charge in [-0.2, -0.15) is 0 Å². The molecule has 0 saturated carbocycles. The largest absolute Gasteiger partial charge is 0.374 e. The molecule has 0 aromatic heterocycles. The molecule has 0 aliphatic carbocycles. The van der Waals surface area contributed by atoms with E-state index in [1.807, 2.05) is 38.1 Å². The van der Waals surface area contributed by atoms with E-state index in [0.29, 0.717) is 6.54 Å². The van der Waals surface area contributed by atoms with Gasteiger partial charge in [0.1, 0.15) is 0 Å². The summed E-state index contributed by atoms with van der Waals surface area (Å²) in [6.07, 6.45) is 5.15. The Balaban J connectivity index is 2.68. The van der Waals surface area contributed by atoms with E-state index < -0.39 is 0 Å². The summed E-state index contributed by atoms with van der Waals surface area (Å²) in [5.74, 6) is 2.48. The smallest absolute Gasteiger partial charge is 0.226 e. The molecule has 0 aliphatic heterocycles. The molecule has 84 valence electrons. The summed E-state index contributed by atoms with van der Waals surface area (Å²) in [4.78, 5) is 11.5. The Morgan fingerprint density at radius 1 is 1.44 bits per heavy atom. The van der Waals surface area contributed by atoms with E-state index in [2.05, 4.69) is 16.6 Å². The number of rotatable bonds is 4. The fourth-order valence-electron chi connectivity index (χ4n) is 1.15. The van der Waals surface area contributed by atoms with Gasteiger partial charge in [0.05, 0.1) is 6.54 Å². The minimum Gasteiger partial charge on any atom is -0.374 e. The zero-order valence-electron chi connectivity index (χ0n) is 9.58. The van der Waals surface area contributed by atoms with E-state index in [-0.39, 0.29) is 11.8 Å². The van der Waals surface area contributed by atoms with Gasteiger partial charge in [0.2, 0.25) is 5.91 Å². The summed E-state index contributed by atoms with van der Waals surface area (Å²) in [5.41, 5.74) is 1.68. The average molecular weight is 216 g/mol. The van der Waals surface area contributed by atoms with E-state index in [1.54, 1.807) is 0 Å². The van der Waals surface area contributed by atoms with Crippen LogP contribution in [0, 0.1) is 18.3 Å². The molecule has 0 spiro atoms. The van der Waals surface area contributed by atoms with Crippen LogP contribution >= 0.6 is 0 Å². The maximum Gasteiger partial charge on any atom is 0.226 e. The van der Waals surface area contributed by atoms with Gasteiger partial charge < -0.3 is 10.6 Å². The highest BCUT2D eigenvalue weighted by molar-refractivity contribution is 5.92. The molecule has 0 radical (unpaired) electrons. The summed E-state index contributed by atoms with van der Waals surface area (Å²) >= 11 is 0. The number of carbonyl (C=O) groups is 1. The Labute approximate surface area is 96.2 Å². The lowest BCUT2D eigenvalue weighted by atomic mass is 10.2. The first-order valence-electron chi connectivity index (χ1n) is 5.21. The second-order valence-electron chi connectivity index (χ2n) is 3.78. The quantitative estimate of drug-likeness (QED) is 0.758. The first-order chi connectivity index (χ1) is 7.63. The number of terminal acetylenes is 1. The summed E-state index contributed by atoms with van der Waals surface area (Å²) in [7, 11) is 0. The Hall–Kier alpha value is -1.95. The number of hydrogen-bond donors (Lipinski definition) is 2. The van der Waals surface area contributed by atoms with Crippen LogP contribution in [-0.2, 0) is 4.79 Å². The lowest BCUT2D eigenvalue weighted by Crippen LogP contribution is -2.17. The highest BCUT2D eigenvalue weighted by Crippen LogP contribution is 2.15. The zero-order valence-corrected chi connectivity index (χ0v) is 9.58. The van der Waals surface area contributed by atoms with Gasteiger partial charge in [-0.3, -0.25) is 4.79 Å². The van der Waals surface area contributed by atoms with Crippen LogP contribution in [0.4, 0.5) is 11.4 Å². The van der Waals surface area contributed by atoms with Gasteiger partial charge in [0.15, 0.2) is 0 Å². The van der Waals surface area contributed by atoms with Crippen molar-refractivity contribution in [1.82, 2.24) is 0 Å². The zero-order chi connectivity index (χ0) is 12.0. The molecular weight excluding hydrogens is 200 g/mol. The number of nitrogens with one attached hydrogen (secondary N) is 2. The van der Waals surface area contributed by atoms with Crippen molar-refractivity contribution in [2.24, 2.45) is 5.92 Å². The van der Waals surface area contributed by atoms with Gasteiger partial charge in [-0.1, -0.05) is 25.8 Å². The molecule has 1 aromatic carbocycles. The van der Waals surface area contributed by atoms with Crippen molar-refractivity contribution in [2.75, 3.05) is 17.2 Å². The molecule has 1 aromatic rings. The molecule has 1 amide bonds. The minimum absolute atomic E-state index is 0.00843. The van der Waals surface area contributed by atoms with E-state index >= 15 is 0 Å². The molecule has 1 rings (SSSR count). The van der Waals surface area contributed by atoms with Gasteiger partial charge in [0.25, 0.3) is 0 Å². The van der Waals surface area contributed by atoms with Crippen molar-refractivity contribution in [3.8, 4) is 12.3 Å². The predicted octanol–water partition coefficient (Wildman–Crippen LogP) is 2.33. The summed E-state index contributed by atoms with van der Waals surface area (Å²) < 4.78 is 0. The third kappa shape index (κ3) is 3.66. The van der Waals surface area contributed by atoms with Crippen LogP contribution in [0.25, 0.3) is 0 Å². The first kappa shape index (κ1) is 12.1. The Bertz CT molecular complexity index is 405. The number of amides is 1. The van der Waals surface area contributed by atoms with Crippen molar-refractivity contribution in [1.29, 1.82) is 0 Å². The molecule has 3 nitrogen and oxygen atoms in total. The van der Waals surface area contributed by atoms with Gasteiger partial charge in [-0.25, -0.2) is 0 Å². The molecular formula is C13H16N2O. The number of hydrogen-bond acceptors (Lipinski definition) is 2. The number of benzene rings is 1. The maximum atomic E-state index is 11.5. The van der Waals surface area contributed by atoms with Crippen molar-refractivity contribution in [2.45, 2.75) is 13.8 Å². The summed E-state index contributed by atoms with van der Waals surface area (Å²) in [6.45, 7) is 4.19. The molecule has 0 fully saturated rings. The fourth-order valence-corrected chi connectivity index (χ4v) is 1.15. The molecule has 2 N–H and O–H groups in total. The molecule has 0 atom stereocenters. The van der Waals surface area contributed by atoms with Crippen molar-refractivity contribution < 1.29 is 4.79 Å². The van der Waals surface area contributed by atoms with Crippen molar-refractivity contribution >= 4 is 17.3 Å². The van der Waals surface area contributed by atoms with Crippen molar-refractivity contribution in [3.63, 3.8) is 0 Å². The van der Waals surface area contributed by atoms with Gasteiger partial charge in [0, 0.05) is 17.3 Å². The number of anilines is 2. The molecule has 0 heterocycles. The van der Waals surface area contributed by atoms with Crippen LogP contribution in [0.15, 0.2) is 24.3 Å². The van der Waals surface area contributed by atoms with E-state index in [4.69, 9.17) is 6.42 Å². The molecule has 0 aliphatic rings. The minimum atomic E-state index is -0.0256. The molecule has 0 saturated heterocycles. The maximum absolute atomic E-state index is 11.5. The Morgan fingerprint density at radius 2 is 2.12 bits per heavy atom. The van der Waals surface area contributed by atoms with Crippen LogP contribution in [0.5, 0.6) is 0 Å². The Morgan fingerprint density at radius 3 is 2.75 bits per heavy atom. The lowest BCUT2D eigenvalue weighted by Gasteiger charge is -2.09. The standard InChI is InChI=1S/C13H16N2O/c1-4-8-14-11-6-5-7-12(9-11)15-13(16)10(2)3/h1,5-7,9-10,14H,8H2,2-3H3,(H,15,16). The average Bonchev–Trinajstić information content (AvgIpc) is 2.26. The third-order valence-corrected chi connectivity index (χ3v) is 2.05. The molecule has 3 heteroatoms. The Kier molecular flexibility index (Phi) is 4.41. The highest BCUT2D eigenvalue weighted by atomic mass is 16.1. The fraction of sp³-hybridized carbons (Fsp3) is 0.308. The van der Waals surface area contributed by atoms with Crippen LogP contribution in [0.2, 0.25) is 0 Å². The SMILES string of the molecule is C#CCNc1cccc(NC(=O)C(C)C)c1. The van der Waals surface area contributed by atoms with E-state index in [9.17, 15) is 4.79 Å². The van der Waals surface area contributed by atoms with Crippen LogP contribution in [0.1, 0.15) is 13.8 Å². The van der Waals surface area contributed by atoms with Crippen LogP contribution < -0.4 is 10.6 Å². The lowest BCUT2D eigenvalue weighted by molar-refractivity contribution is -0.118. The molecule has 16 heavy (non-hydrogen) atoms. The third-order valence-electron chi connectivity index (χ3n) is 2.05. The van der Waals surface area contributed by atoms with Gasteiger partial charge in [-0.15, -0.1) is 6.42 Å². The molecule has 0 unspecified atom stereocenters. The summed E-state index contributed by atoms with van der Waals surface area (Å²) in [5, 5.41) is 5.88. The van der Waals surface area contributed by atoms with Crippen LogP contribution in [-0.4, -0.2) is 12.5 Å². The predicted molar refractivity (Wildman–Crippen MR) is 67.2 cm³/mol. The monoisotopic (exact) mass is 216 g/mol. The normalized spacial score (nSPS) is 9.62. The van der Waals surface area contributed by atoms with E-state index in [0.717, 1.165) is 11.4 Å².